The van der Waals surface area contributed by atoms with Gasteiger partial charge in [0.2, 0.25) is 5.91 Å². The standard InChI is InChI=1S/C15H20N2O3.ClH/c1-10(17-15(18)12-4-5-16-9-12)11-2-3-13-14(8-11)20-7-6-19-13;/h2-3,8,10,12,16H,4-7,9H2,1H3,(H,17,18);1H. The highest BCUT2D eigenvalue weighted by molar-refractivity contribution is 5.85. The summed E-state index contributed by atoms with van der Waals surface area (Å²) in [7, 11) is 0. The van der Waals surface area contributed by atoms with E-state index in [9.17, 15) is 4.79 Å². The molecule has 0 spiro atoms. The van der Waals surface area contributed by atoms with Crippen LogP contribution in [-0.4, -0.2) is 32.2 Å². The van der Waals surface area contributed by atoms with Gasteiger partial charge in [-0.15, -0.1) is 12.4 Å². The summed E-state index contributed by atoms with van der Waals surface area (Å²) in [4.78, 5) is 12.1. The maximum absolute atomic E-state index is 12.1. The average Bonchev–Trinajstić information content (AvgIpc) is 3.01. The first kappa shape index (κ1) is 15.9. The van der Waals surface area contributed by atoms with Gasteiger partial charge in [0.1, 0.15) is 13.2 Å². The maximum atomic E-state index is 12.1. The van der Waals surface area contributed by atoms with Gasteiger partial charge in [0.25, 0.3) is 0 Å². The van der Waals surface area contributed by atoms with Crippen molar-refractivity contribution in [3.63, 3.8) is 0 Å². The van der Waals surface area contributed by atoms with Gasteiger partial charge in [-0.1, -0.05) is 6.07 Å². The molecule has 21 heavy (non-hydrogen) atoms. The van der Waals surface area contributed by atoms with Gasteiger partial charge in [-0.25, -0.2) is 0 Å². The molecule has 2 unspecified atom stereocenters. The highest BCUT2D eigenvalue weighted by Gasteiger charge is 2.24. The Hall–Kier alpha value is -1.46. The van der Waals surface area contributed by atoms with E-state index in [-0.39, 0.29) is 30.3 Å². The van der Waals surface area contributed by atoms with Gasteiger partial charge in [0, 0.05) is 6.54 Å². The number of halogens is 1. The van der Waals surface area contributed by atoms with Crippen molar-refractivity contribution in [1.29, 1.82) is 0 Å². The van der Waals surface area contributed by atoms with Crippen LogP contribution in [0.5, 0.6) is 11.5 Å². The number of hydrogen-bond donors (Lipinski definition) is 2. The molecule has 1 amide bonds. The van der Waals surface area contributed by atoms with Crippen LogP contribution >= 0.6 is 12.4 Å². The Morgan fingerprint density at radius 3 is 2.81 bits per heavy atom. The van der Waals surface area contributed by atoms with Crippen molar-refractivity contribution in [3.8, 4) is 11.5 Å². The van der Waals surface area contributed by atoms with E-state index in [4.69, 9.17) is 9.47 Å². The zero-order valence-electron chi connectivity index (χ0n) is 12.1. The highest BCUT2D eigenvalue weighted by Crippen LogP contribution is 2.32. The van der Waals surface area contributed by atoms with Crippen LogP contribution in [0.1, 0.15) is 24.9 Å². The first-order valence-corrected chi connectivity index (χ1v) is 7.14. The van der Waals surface area contributed by atoms with E-state index in [2.05, 4.69) is 10.6 Å². The second-order valence-electron chi connectivity index (χ2n) is 5.32. The number of fused-ring (bicyclic) bond motifs is 1. The molecule has 0 bridgehead atoms. The number of hydrogen-bond acceptors (Lipinski definition) is 4. The molecule has 1 fully saturated rings. The fourth-order valence-corrected chi connectivity index (χ4v) is 2.62. The van der Waals surface area contributed by atoms with Crippen LogP contribution < -0.4 is 20.1 Å². The minimum absolute atomic E-state index is 0. The summed E-state index contributed by atoms with van der Waals surface area (Å²) in [5, 5.41) is 6.28. The summed E-state index contributed by atoms with van der Waals surface area (Å²) in [6.07, 6.45) is 0.916. The zero-order valence-corrected chi connectivity index (χ0v) is 12.9. The molecular formula is C15H21ClN2O3. The summed E-state index contributed by atoms with van der Waals surface area (Å²) in [5.41, 5.74) is 1.04. The van der Waals surface area contributed by atoms with Crippen molar-refractivity contribution in [2.24, 2.45) is 5.92 Å². The fourth-order valence-electron chi connectivity index (χ4n) is 2.62. The Bertz CT molecular complexity index is 504. The van der Waals surface area contributed by atoms with Gasteiger partial charge in [-0.05, 0) is 37.6 Å². The van der Waals surface area contributed by atoms with Gasteiger partial charge in [-0.2, -0.15) is 0 Å². The molecule has 2 aliphatic heterocycles. The van der Waals surface area contributed by atoms with Crippen LogP contribution in [0.2, 0.25) is 0 Å². The van der Waals surface area contributed by atoms with Gasteiger partial charge in [0.15, 0.2) is 11.5 Å². The van der Waals surface area contributed by atoms with Gasteiger partial charge < -0.3 is 20.1 Å². The number of ether oxygens (including phenoxy) is 2. The Labute approximate surface area is 130 Å². The number of amides is 1. The van der Waals surface area contributed by atoms with Crippen molar-refractivity contribution < 1.29 is 14.3 Å². The molecule has 2 atom stereocenters. The van der Waals surface area contributed by atoms with E-state index in [1.54, 1.807) is 0 Å². The smallest absolute Gasteiger partial charge is 0.224 e. The summed E-state index contributed by atoms with van der Waals surface area (Å²) < 4.78 is 11.1. The Morgan fingerprint density at radius 1 is 1.33 bits per heavy atom. The van der Waals surface area contributed by atoms with Gasteiger partial charge in [-0.3, -0.25) is 4.79 Å². The molecule has 3 rings (SSSR count). The summed E-state index contributed by atoms with van der Waals surface area (Å²) >= 11 is 0. The molecule has 0 saturated carbocycles. The van der Waals surface area contributed by atoms with Crippen molar-refractivity contribution in [2.75, 3.05) is 26.3 Å². The van der Waals surface area contributed by atoms with Crippen molar-refractivity contribution >= 4 is 18.3 Å². The number of carbonyl (C=O) groups is 1. The second-order valence-corrected chi connectivity index (χ2v) is 5.32. The predicted octanol–water partition coefficient (Wildman–Crippen LogP) is 1.67. The Balaban J connectivity index is 0.00000161. The molecule has 0 radical (unpaired) electrons. The number of rotatable bonds is 3. The van der Waals surface area contributed by atoms with Crippen LogP contribution in [0, 0.1) is 5.92 Å². The highest BCUT2D eigenvalue weighted by atomic mass is 35.5. The van der Waals surface area contributed by atoms with E-state index in [1.807, 2.05) is 25.1 Å². The van der Waals surface area contributed by atoms with Crippen LogP contribution in [0.25, 0.3) is 0 Å². The van der Waals surface area contributed by atoms with Crippen LogP contribution in [0.3, 0.4) is 0 Å². The lowest BCUT2D eigenvalue weighted by Crippen LogP contribution is -2.33. The second kappa shape index (κ2) is 7.00. The van der Waals surface area contributed by atoms with E-state index < -0.39 is 0 Å². The van der Waals surface area contributed by atoms with E-state index in [0.717, 1.165) is 36.6 Å². The van der Waals surface area contributed by atoms with Crippen LogP contribution in [0.15, 0.2) is 18.2 Å². The number of carbonyl (C=O) groups excluding carboxylic acids is 1. The molecule has 1 aromatic carbocycles. The minimum Gasteiger partial charge on any atom is -0.486 e. The van der Waals surface area contributed by atoms with Crippen molar-refractivity contribution in [2.45, 2.75) is 19.4 Å². The minimum atomic E-state index is -0.0288. The molecule has 2 heterocycles. The summed E-state index contributed by atoms with van der Waals surface area (Å²) in [6.45, 7) is 4.86. The summed E-state index contributed by atoms with van der Waals surface area (Å²) in [5.74, 6) is 1.75. The molecule has 2 N–H and O–H groups in total. The van der Waals surface area contributed by atoms with Gasteiger partial charge in [0.05, 0.1) is 12.0 Å². The lowest BCUT2D eigenvalue weighted by molar-refractivity contribution is -0.125. The first-order valence-electron chi connectivity index (χ1n) is 7.14. The van der Waals surface area contributed by atoms with Crippen LogP contribution in [0.4, 0.5) is 0 Å². The van der Waals surface area contributed by atoms with E-state index >= 15 is 0 Å². The van der Waals surface area contributed by atoms with Gasteiger partial charge >= 0.3 is 0 Å². The SMILES string of the molecule is CC(NC(=O)C1CCNC1)c1ccc2c(c1)OCCO2.Cl. The van der Waals surface area contributed by atoms with Crippen LogP contribution in [-0.2, 0) is 4.79 Å². The monoisotopic (exact) mass is 312 g/mol. The maximum Gasteiger partial charge on any atom is 0.224 e. The normalized spacial score (nSPS) is 21.3. The third kappa shape index (κ3) is 3.60. The topological polar surface area (TPSA) is 59.6 Å². The molecule has 116 valence electrons. The number of benzene rings is 1. The third-order valence-electron chi connectivity index (χ3n) is 3.86. The zero-order chi connectivity index (χ0) is 13.9. The Kier molecular flexibility index (Phi) is 5.31. The largest absolute Gasteiger partial charge is 0.486 e. The third-order valence-corrected chi connectivity index (χ3v) is 3.86. The molecule has 0 aromatic heterocycles. The quantitative estimate of drug-likeness (QED) is 0.891. The lowest BCUT2D eigenvalue weighted by atomic mass is 10.0. The molecule has 1 aromatic rings. The molecule has 6 heteroatoms. The molecule has 0 aliphatic carbocycles. The van der Waals surface area contributed by atoms with Crippen molar-refractivity contribution in [3.05, 3.63) is 23.8 Å². The molecule has 1 saturated heterocycles. The fraction of sp³-hybridized carbons (Fsp3) is 0.533. The van der Waals surface area contributed by atoms with E-state index in [0.29, 0.717) is 13.2 Å². The van der Waals surface area contributed by atoms with Crippen molar-refractivity contribution in [1.82, 2.24) is 10.6 Å². The molecule has 5 nitrogen and oxygen atoms in total. The Morgan fingerprint density at radius 2 is 2.10 bits per heavy atom. The molecular weight excluding hydrogens is 292 g/mol. The number of nitrogens with one attached hydrogen (secondary N) is 2. The first-order chi connectivity index (χ1) is 9.74. The molecule has 2 aliphatic rings. The van der Waals surface area contributed by atoms with E-state index in [1.165, 1.54) is 0 Å². The average molecular weight is 313 g/mol. The lowest BCUT2D eigenvalue weighted by Gasteiger charge is -2.21. The summed E-state index contributed by atoms with van der Waals surface area (Å²) in [6, 6.07) is 5.81. The predicted molar refractivity (Wildman–Crippen MR) is 82.2 cm³/mol.